The van der Waals surface area contributed by atoms with E-state index in [1.54, 1.807) is 0 Å². The zero-order chi connectivity index (χ0) is 12.0. The molecular formula is C15H24BrN. The molecule has 1 aromatic carbocycles. The molecule has 0 atom stereocenters. The molecule has 17 heavy (non-hydrogen) atoms. The maximum absolute atomic E-state index is 3.89. The molecule has 1 rings (SSSR count). The van der Waals surface area contributed by atoms with Crippen molar-refractivity contribution in [1.82, 2.24) is 0 Å². The molecule has 0 aliphatic heterocycles. The van der Waals surface area contributed by atoms with Crippen LogP contribution in [0.5, 0.6) is 0 Å². The third kappa shape index (κ3) is 3.97. The van der Waals surface area contributed by atoms with E-state index >= 15 is 0 Å². The number of halogens is 1. The van der Waals surface area contributed by atoms with Crippen molar-refractivity contribution in [3.63, 3.8) is 0 Å². The average Bonchev–Trinajstić information content (AvgIpc) is 2.36. The smallest absolute Gasteiger partial charge is 0.105 e. The summed E-state index contributed by atoms with van der Waals surface area (Å²) in [5.41, 5.74) is 2.70. The zero-order valence-corrected chi connectivity index (χ0v) is 12.8. The molecule has 0 spiro atoms. The molecule has 1 aromatic rings. The average molecular weight is 298 g/mol. The van der Waals surface area contributed by atoms with Crippen molar-refractivity contribution in [3.8, 4) is 0 Å². The Bertz CT molecular complexity index is 334. The largest absolute Gasteiger partial charge is 1.00 e. The Morgan fingerprint density at radius 2 is 1.59 bits per heavy atom. The highest BCUT2D eigenvalue weighted by atomic mass is 79.9. The van der Waals surface area contributed by atoms with Gasteiger partial charge in [-0.2, -0.15) is 0 Å². The molecule has 0 saturated heterocycles. The third-order valence-electron chi connectivity index (χ3n) is 3.79. The second kappa shape index (κ2) is 7.67. The maximum atomic E-state index is 3.89. The van der Waals surface area contributed by atoms with E-state index in [0.29, 0.717) is 0 Å². The van der Waals surface area contributed by atoms with Gasteiger partial charge in [-0.15, -0.1) is 0 Å². The van der Waals surface area contributed by atoms with Crippen LogP contribution < -0.4 is 17.0 Å². The molecule has 0 aliphatic rings. The SMILES string of the molecule is C=Cc1ccccc1C[N+](CC)(CC)CC.[Br-]. The van der Waals surface area contributed by atoms with E-state index in [1.807, 2.05) is 6.08 Å². The predicted octanol–water partition coefficient (Wildman–Crippen LogP) is 0.710. The van der Waals surface area contributed by atoms with E-state index in [4.69, 9.17) is 0 Å². The normalized spacial score (nSPS) is 10.8. The van der Waals surface area contributed by atoms with Gasteiger partial charge >= 0.3 is 0 Å². The first kappa shape index (κ1) is 16.4. The lowest BCUT2D eigenvalue weighted by atomic mass is 10.1. The van der Waals surface area contributed by atoms with Gasteiger partial charge < -0.3 is 21.5 Å². The lowest BCUT2D eigenvalue weighted by Gasteiger charge is -2.36. The van der Waals surface area contributed by atoms with Gasteiger partial charge in [-0.3, -0.25) is 0 Å². The number of benzene rings is 1. The van der Waals surface area contributed by atoms with Crippen molar-refractivity contribution < 1.29 is 21.5 Å². The fourth-order valence-corrected chi connectivity index (χ4v) is 2.24. The minimum Gasteiger partial charge on any atom is -1.00 e. The fourth-order valence-electron chi connectivity index (χ4n) is 2.24. The van der Waals surface area contributed by atoms with Gasteiger partial charge in [0.15, 0.2) is 0 Å². The van der Waals surface area contributed by atoms with Crippen LogP contribution in [0.2, 0.25) is 0 Å². The monoisotopic (exact) mass is 297 g/mol. The van der Waals surface area contributed by atoms with E-state index in [1.165, 1.54) is 30.8 Å². The van der Waals surface area contributed by atoms with Crippen LogP contribution in [0.15, 0.2) is 30.8 Å². The molecule has 0 N–H and O–H groups in total. The Kier molecular flexibility index (Phi) is 7.40. The van der Waals surface area contributed by atoms with Gasteiger partial charge in [0.2, 0.25) is 0 Å². The van der Waals surface area contributed by atoms with E-state index in [0.717, 1.165) is 11.0 Å². The molecule has 0 bridgehead atoms. The number of nitrogens with zero attached hydrogens (tertiary/aromatic N) is 1. The molecule has 0 aromatic heterocycles. The highest BCUT2D eigenvalue weighted by Gasteiger charge is 2.21. The standard InChI is InChI=1S/C15H24N.BrH/c1-5-14-11-9-10-12-15(14)13-16(6-2,7-3)8-4;/h5,9-12H,1,6-8,13H2,2-4H3;1H/q+1;/p-1. The summed E-state index contributed by atoms with van der Waals surface area (Å²) in [7, 11) is 0. The predicted molar refractivity (Wildman–Crippen MR) is 72.1 cm³/mol. The topological polar surface area (TPSA) is 0 Å². The highest BCUT2D eigenvalue weighted by Crippen LogP contribution is 2.18. The van der Waals surface area contributed by atoms with E-state index < -0.39 is 0 Å². The molecule has 0 amide bonds. The van der Waals surface area contributed by atoms with E-state index in [9.17, 15) is 0 Å². The Balaban J connectivity index is 0.00000256. The Morgan fingerprint density at radius 1 is 1.06 bits per heavy atom. The minimum absolute atomic E-state index is 0. The number of quaternary nitrogens is 1. The van der Waals surface area contributed by atoms with Crippen molar-refractivity contribution in [2.45, 2.75) is 27.3 Å². The summed E-state index contributed by atoms with van der Waals surface area (Å²) in [5.74, 6) is 0. The Labute approximate surface area is 117 Å². The second-order valence-corrected chi connectivity index (χ2v) is 4.35. The van der Waals surface area contributed by atoms with Crippen LogP contribution >= 0.6 is 0 Å². The van der Waals surface area contributed by atoms with E-state index in [-0.39, 0.29) is 17.0 Å². The van der Waals surface area contributed by atoms with Gasteiger partial charge in [-0.25, -0.2) is 0 Å². The summed E-state index contributed by atoms with van der Waals surface area (Å²) in [6, 6.07) is 8.58. The number of rotatable bonds is 6. The lowest BCUT2D eigenvalue weighted by molar-refractivity contribution is -0.936. The minimum atomic E-state index is 0. The van der Waals surface area contributed by atoms with Crippen molar-refractivity contribution >= 4 is 6.08 Å². The summed E-state index contributed by atoms with van der Waals surface area (Å²) in [5, 5.41) is 0. The molecule has 0 aliphatic carbocycles. The van der Waals surface area contributed by atoms with Crippen molar-refractivity contribution in [2.24, 2.45) is 0 Å². The summed E-state index contributed by atoms with van der Waals surface area (Å²) in [4.78, 5) is 0. The molecule has 0 fully saturated rings. The van der Waals surface area contributed by atoms with Crippen molar-refractivity contribution in [1.29, 1.82) is 0 Å². The van der Waals surface area contributed by atoms with Gasteiger partial charge in [-0.05, 0) is 26.3 Å². The molecule has 2 heteroatoms. The quantitative estimate of drug-likeness (QED) is 0.679. The van der Waals surface area contributed by atoms with Crippen LogP contribution in [-0.4, -0.2) is 24.1 Å². The van der Waals surface area contributed by atoms with Crippen LogP contribution in [-0.2, 0) is 6.54 Å². The molecule has 1 nitrogen and oxygen atoms in total. The van der Waals surface area contributed by atoms with Crippen molar-refractivity contribution in [2.75, 3.05) is 19.6 Å². The lowest BCUT2D eigenvalue weighted by Crippen LogP contribution is -3.00. The van der Waals surface area contributed by atoms with Gasteiger partial charge in [0.1, 0.15) is 6.54 Å². The molecular weight excluding hydrogens is 274 g/mol. The summed E-state index contributed by atoms with van der Waals surface area (Å²) < 4.78 is 1.16. The van der Waals surface area contributed by atoms with Gasteiger partial charge in [0.25, 0.3) is 0 Å². The Morgan fingerprint density at radius 3 is 2.06 bits per heavy atom. The first-order valence-corrected chi connectivity index (χ1v) is 6.26. The van der Waals surface area contributed by atoms with E-state index in [2.05, 4.69) is 51.6 Å². The Hall–Kier alpha value is -0.600. The summed E-state index contributed by atoms with van der Waals surface area (Å²) in [6.45, 7) is 15.4. The molecule has 0 heterocycles. The zero-order valence-electron chi connectivity index (χ0n) is 11.2. The molecule has 0 saturated carbocycles. The second-order valence-electron chi connectivity index (χ2n) is 4.35. The van der Waals surface area contributed by atoms with Gasteiger partial charge in [-0.1, -0.05) is 36.9 Å². The third-order valence-corrected chi connectivity index (χ3v) is 3.79. The summed E-state index contributed by atoms with van der Waals surface area (Å²) in [6.07, 6.45) is 1.96. The molecule has 0 unspecified atom stereocenters. The maximum Gasteiger partial charge on any atom is 0.105 e. The van der Waals surface area contributed by atoms with Crippen LogP contribution in [0.1, 0.15) is 31.9 Å². The number of hydrogen-bond donors (Lipinski definition) is 0. The number of hydrogen-bond acceptors (Lipinski definition) is 0. The first-order valence-electron chi connectivity index (χ1n) is 6.26. The fraction of sp³-hybridized carbons (Fsp3) is 0.467. The van der Waals surface area contributed by atoms with Crippen LogP contribution in [0.3, 0.4) is 0 Å². The molecule has 96 valence electrons. The van der Waals surface area contributed by atoms with Crippen molar-refractivity contribution in [3.05, 3.63) is 42.0 Å². The first-order chi connectivity index (χ1) is 7.71. The van der Waals surface area contributed by atoms with Gasteiger partial charge in [0, 0.05) is 5.56 Å². The van der Waals surface area contributed by atoms with Crippen LogP contribution in [0, 0.1) is 0 Å². The van der Waals surface area contributed by atoms with Gasteiger partial charge in [0.05, 0.1) is 19.6 Å². The highest BCUT2D eigenvalue weighted by molar-refractivity contribution is 5.51. The van der Waals surface area contributed by atoms with Crippen LogP contribution in [0.25, 0.3) is 6.08 Å². The molecule has 0 radical (unpaired) electrons. The summed E-state index contributed by atoms with van der Waals surface area (Å²) >= 11 is 0. The van der Waals surface area contributed by atoms with Crippen LogP contribution in [0.4, 0.5) is 0 Å².